The molecule has 3 rings (SSSR count). The fraction of sp³-hybridized carbons (Fsp3) is 0.267. The van der Waals surface area contributed by atoms with E-state index in [2.05, 4.69) is 16.1 Å². The largest absolute Gasteiger partial charge is 0.493 e. The van der Waals surface area contributed by atoms with E-state index in [1.165, 1.54) is 20.0 Å². The summed E-state index contributed by atoms with van der Waals surface area (Å²) in [5.41, 5.74) is 4.63. The van der Waals surface area contributed by atoms with Gasteiger partial charge >= 0.3 is 0 Å². The fourth-order valence-electron chi connectivity index (χ4n) is 4.27. The summed E-state index contributed by atoms with van der Waals surface area (Å²) >= 11 is 0. The Kier molecular flexibility index (Phi) is 9.71. The summed E-state index contributed by atoms with van der Waals surface area (Å²) in [6, 6.07) is 16.1. The minimum Gasteiger partial charge on any atom is -0.493 e. The lowest BCUT2D eigenvalue weighted by molar-refractivity contribution is -0.123. The Hall–Kier alpha value is -5.04. The monoisotopic (exact) mass is 543 g/mol. The fourth-order valence-corrected chi connectivity index (χ4v) is 4.27. The molecule has 40 heavy (non-hydrogen) atoms. The van der Waals surface area contributed by atoms with Gasteiger partial charge in [-0.25, -0.2) is 0 Å². The number of nitrogens with one attached hydrogen (secondary N) is 3. The lowest BCUT2D eigenvalue weighted by Crippen LogP contribution is -2.45. The number of carbonyl (C=O) groups is 3. The van der Waals surface area contributed by atoms with Crippen LogP contribution in [0.4, 0.5) is 0 Å². The summed E-state index contributed by atoms with van der Waals surface area (Å²) in [6.07, 6.45) is 2.80. The van der Waals surface area contributed by atoms with Gasteiger partial charge in [0.15, 0.2) is 5.78 Å². The average Bonchev–Trinajstić information content (AvgIpc) is 3.16. The van der Waals surface area contributed by atoms with Crippen molar-refractivity contribution >= 4 is 23.7 Å². The van der Waals surface area contributed by atoms with Gasteiger partial charge < -0.3 is 26.3 Å². The predicted molar refractivity (Wildman–Crippen MR) is 151 cm³/mol. The van der Waals surface area contributed by atoms with E-state index in [4.69, 9.17) is 5.26 Å². The molecule has 0 radical (unpaired) electrons. The molecule has 0 saturated heterocycles. The highest BCUT2D eigenvalue weighted by atomic mass is 16.3. The summed E-state index contributed by atoms with van der Waals surface area (Å²) in [5.74, 6) is -2.55. The molecule has 0 unspecified atom stereocenters. The maximum atomic E-state index is 13.4. The Bertz CT molecular complexity index is 1440. The second kappa shape index (κ2) is 13.2. The zero-order valence-electron chi connectivity index (χ0n) is 22.8. The van der Waals surface area contributed by atoms with Gasteiger partial charge in [0, 0.05) is 18.7 Å². The summed E-state index contributed by atoms with van der Waals surface area (Å²) in [4.78, 5) is 39.4. The van der Waals surface area contributed by atoms with Crippen molar-refractivity contribution in [3.63, 3.8) is 0 Å². The molecule has 2 atom stereocenters. The van der Waals surface area contributed by atoms with Crippen LogP contribution in [-0.2, 0) is 9.59 Å². The number of Topliss-reactive ketones (excluding diaryl/α,β-unsaturated/α-hetero) is 1. The molecule has 2 amide bonds. The highest BCUT2D eigenvalue weighted by Gasteiger charge is 2.33. The van der Waals surface area contributed by atoms with Crippen LogP contribution in [0, 0.1) is 24.2 Å². The first-order valence-electron chi connectivity index (χ1n) is 12.8. The lowest BCUT2D eigenvalue weighted by Gasteiger charge is -2.24. The van der Waals surface area contributed by atoms with E-state index in [1.807, 2.05) is 12.1 Å². The summed E-state index contributed by atoms with van der Waals surface area (Å²) in [7, 11) is 1.48. The van der Waals surface area contributed by atoms with Gasteiger partial charge in [-0.3, -0.25) is 14.4 Å². The van der Waals surface area contributed by atoms with E-state index < -0.39 is 35.6 Å². The van der Waals surface area contributed by atoms with Gasteiger partial charge in [-0.2, -0.15) is 9.94 Å². The van der Waals surface area contributed by atoms with Gasteiger partial charge in [-0.1, -0.05) is 56.3 Å². The van der Waals surface area contributed by atoms with Crippen molar-refractivity contribution in [3.05, 3.63) is 88.5 Å². The Morgan fingerprint density at radius 3 is 2.20 bits per heavy atom. The van der Waals surface area contributed by atoms with Crippen LogP contribution in [0.3, 0.4) is 0 Å². The van der Waals surface area contributed by atoms with Crippen molar-refractivity contribution in [2.45, 2.75) is 39.3 Å². The van der Waals surface area contributed by atoms with Crippen LogP contribution in [0.1, 0.15) is 58.9 Å². The summed E-state index contributed by atoms with van der Waals surface area (Å²) < 4.78 is 0.980. The Balaban J connectivity index is 1.77. The SMILES string of the molecule is CNn1c(O)c(C)c(C(=O)[C@@H](NC(=O)C[C@H](NC(=O)C=Cc2ccc(C#N)cc2)c2ccccc2)C(C)C)c1O. The molecule has 3 aromatic rings. The molecule has 0 bridgehead atoms. The van der Waals surface area contributed by atoms with Crippen molar-refractivity contribution in [1.82, 2.24) is 15.3 Å². The first-order chi connectivity index (χ1) is 19.1. The molecular weight excluding hydrogens is 510 g/mol. The Labute approximate surface area is 232 Å². The van der Waals surface area contributed by atoms with Gasteiger partial charge in [0.25, 0.3) is 0 Å². The quantitative estimate of drug-likeness (QED) is 0.183. The third-order valence-electron chi connectivity index (χ3n) is 6.47. The number of rotatable bonds is 11. The number of nitrogens with zero attached hydrogens (tertiary/aromatic N) is 2. The number of aromatic nitrogens is 1. The second-order valence-electron chi connectivity index (χ2n) is 9.60. The standard InChI is InChI=1S/C30H33N5O5/c1-18(2)27(28(38)26-19(3)29(39)35(32-4)30(26)40)34-25(37)16-23(22-8-6-5-7-9-22)33-24(36)15-14-20-10-12-21(17-31)13-11-20/h5-15,18,23,27,32,39-40H,16H2,1-4H3,(H,33,36)(H,34,37)/t23-,27-/m0/s1. The van der Waals surface area contributed by atoms with E-state index in [0.29, 0.717) is 11.1 Å². The van der Waals surface area contributed by atoms with E-state index in [9.17, 15) is 24.6 Å². The number of aromatic hydroxyl groups is 2. The molecule has 0 aliphatic rings. The molecule has 10 nitrogen and oxygen atoms in total. The van der Waals surface area contributed by atoms with E-state index in [1.54, 1.807) is 68.5 Å². The Morgan fingerprint density at radius 1 is 1.00 bits per heavy atom. The molecule has 208 valence electrons. The molecule has 0 saturated carbocycles. The van der Waals surface area contributed by atoms with Crippen LogP contribution in [-0.4, -0.2) is 45.6 Å². The molecule has 1 heterocycles. The van der Waals surface area contributed by atoms with Gasteiger partial charge in [0.1, 0.15) is 0 Å². The van der Waals surface area contributed by atoms with Gasteiger partial charge in [-0.05, 0) is 42.2 Å². The van der Waals surface area contributed by atoms with E-state index in [-0.39, 0.29) is 29.3 Å². The second-order valence-corrected chi connectivity index (χ2v) is 9.60. The number of amides is 2. The molecule has 10 heteroatoms. The van der Waals surface area contributed by atoms with Crippen molar-refractivity contribution in [2.24, 2.45) is 5.92 Å². The van der Waals surface area contributed by atoms with Gasteiger partial charge in [0.05, 0.1) is 35.7 Å². The predicted octanol–water partition coefficient (Wildman–Crippen LogP) is 3.54. The smallest absolute Gasteiger partial charge is 0.244 e. The zero-order chi connectivity index (χ0) is 29.4. The number of hydrogen-bond acceptors (Lipinski definition) is 7. The molecule has 0 fully saturated rings. The van der Waals surface area contributed by atoms with Gasteiger partial charge in [0.2, 0.25) is 23.6 Å². The molecule has 0 spiro atoms. The van der Waals surface area contributed by atoms with E-state index >= 15 is 0 Å². The normalized spacial score (nSPS) is 12.5. The number of nitriles is 1. The van der Waals surface area contributed by atoms with Crippen LogP contribution in [0.25, 0.3) is 6.08 Å². The van der Waals surface area contributed by atoms with Crippen LogP contribution in [0.15, 0.2) is 60.7 Å². The molecule has 0 aliphatic carbocycles. The summed E-state index contributed by atoms with van der Waals surface area (Å²) in [5, 5.41) is 35.3. The highest BCUT2D eigenvalue weighted by Crippen LogP contribution is 2.33. The maximum absolute atomic E-state index is 13.4. The molecule has 1 aromatic heterocycles. The maximum Gasteiger partial charge on any atom is 0.244 e. The van der Waals surface area contributed by atoms with Crippen molar-refractivity contribution in [2.75, 3.05) is 12.5 Å². The van der Waals surface area contributed by atoms with Crippen molar-refractivity contribution in [3.8, 4) is 17.8 Å². The lowest BCUT2D eigenvalue weighted by atomic mass is 9.93. The minimum absolute atomic E-state index is 0.0910. The first kappa shape index (κ1) is 29.5. The van der Waals surface area contributed by atoms with Crippen LogP contribution >= 0.6 is 0 Å². The van der Waals surface area contributed by atoms with E-state index in [0.717, 1.165) is 10.2 Å². The third kappa shape index (κ3) is 6.88. The number of benzene rings is 2. The van der Waals surface area contributed by atoms with Crippen molar-refractivity contribution in [1.29, 1.82) is 5.26 Å². The zero-order valence-corrected chi connectivity index (χ0v) is 22.8. The molecule has 5 N–H and O–H groups in total. The van der Waals surface area contributed by atoms with Crippen LogP contribution < -0.4 is 16.1 Å². The highest BCUT2D eigenvalue weighted by molar-refractivity contribution is 6.05. The number of hydrogen-bond donors (Lipinski definition) is 5. The topological polar surface area (TPSA) is 156 Å². The Morgan fingerprint density at radius 2 is 1.65 bits per heavy atom. The minimum atomic E-state index is -0.993. The molecule has 0 aliphatic heterocycles. The average molecular weight is 544 g/mol. The molecule has 2 aromatic carbocycles. The third-order valence-corrected chi connectivity index (χ3v) is 6.47. The van der Waals surface area contributed by atoms with Crippen molar-refractivity contribution < 1.29 is 24.6 Å². The number of carbonyl (C=O) groups excluding carboxylic acids is 3. The summed E-state index contributed by atoms with van der Waals surface area (Å²) in [6.45, 7) is 5.02. The van der Waals surface area contributed by atoms with Crippen LogP contribution in [0.5, 0.6) is 11.8 Å². The van der Waals surface area contributed by atoms with Crippen LogP contribution in [0.2, 0.25) is 0 Å². The first-order valence-corrected chi connectivity index (χ1v) is 12.8. The molecular formula is C30H33N5O5. The number of ketones is 1. The van der Waals surface area contributed by atoms with Gasteiger partial charge in [-0.15, -0.1) is 0 Å².